The predicted molar refractivity (Wildman–Crippen MR) is 91.9 cm³/mol. The van der Waals surface area contributed by atoms with E-state index in [0.29, 0.717) is 12.0 Å². The van der Waals surface area contributed by atoms with Crippen molar-refractivity contribution in [1.29, 1.82) is 0 Å². The molecule has 0 unspecified atom stereocenters. The Morgan fingerprint density at radius 1 is 1.17 bits per heavy atom. The third-order valence-electron chi connectivity index (χ3n) is 3.78. The third-order valence-corrected chi connectivity index (χ3v) is 3.78. The van der Waals surface area contributed by atoms with Crippen molar-refractivity contribution in [3.63, 3.8) is 0 Å². The predicted octanol–water partition coefficient (Wildman–Crippen LogP) is 2.71. The molecule has 1 aliphatic heterocycles. The number of hydrogen-bond acceptors (Lipinski definition) is 5. The molecular weight excluding hydrogens is 306 g/mol. The third kappa shape index (κ3) is 3.43. The van der Waals surface area contributed by atoms with Crippen LogP contribution in [0.5, 0.6) is 11.5 Å². The summed E-state index contributed by atoms with van der Waals surface area (Å²) in [6.45, 7) is 1.97. The number of aromatic hydroxyl groups is 2. The zero-order valence-electron chi connectivity index (χ0n) is 13.1. The maximum absolute atomic E-state index is 11.3. The summed E-state index contributed by atoms with van der Waals surface area (Å²) in [5, 5.41) is 22.9. The van der Waals surface area contributed by atoms with Gasteiger partial charge in [0, 0.05) is 18.6 Å². The minimum Gasteiger partial charge on any atom is -0.504 e. The Balaban J connectivity index is 1.76. The molecule has 3 rings (SSSR count). The van der Waals surface area contributed by atoms with Crippen LogP contribution in [0, 0.1) is 5.92 Å². The number of rotatable bonds is 3. The maximum atomic E-state index is 11.3. The highest BCUT2D eigenvalue weighted by atomic mass is 16.3. The molecule has 0 fully saturated rings. The summed E-state index contributed by atoms with van der Waals surface area (Å²) in [6, 6.07) is 12.1. The lowest BCUT2D eigenvalue weighted by Crippen LogP contribution is -2.31. The van der Waals surface area contributed by atoms with Gasteiger partial charge in [-0.2, -0.15) is 5.10 Å². The van der Waals surface area contributed by atoms with Gasteiger partial charge < -0.3 is 10.2 Å². The summed E-state index contributed by atoms with van der Waals surface area (Å²) < 4.78 is 0. The van der Waals surface area contributed by atoms with Gasteiger partial charge in [0.05, 0.1) is 11.4 Å². The molecule has 0 aromatic heterocycles. The number of phenolic OH excluding ortho intramolecular Hbond substituents is 2. The van der Waals surface area contributed by atoms with Crippen LogP contribution >= 0.6 is 0 Å². The molecule has 0 aliphatic carbocycles. The van der Waals surface area contributed by atoms with Crippen molar-refractivity contribution in [3.05, 3.63) is 53.6 Å². The van der Waals surface area contributed by atoms with Gasteiger partial charge in [0.25, 0.3) is 0 Å². The Hall–Kier alpha value is -3.15. The highest BCUT2D eigenvalue weighted by molar-refractivity contribution is 6.05. The van der Waals surface area contributed by atoms with E-state index in [2.05, 4.69) is 15.5 Å². The van der Waals surface area contributed by atoms with Crippen molar-refractivity contribution < 1.29 is 15.0 Å². The minimum atomic E-state index is -0.180. The monoisotopic (exact) mass is 323 g/mol. The molecule has 1 aliphatic rings. The molecule has 0 saturated carbocycles. The van der Waals surface area contributed by atoms with Crippen molar-refractivity contribution in [2.75, 3.05) is 0 Å². The molecule has 6 heteroatoms. The van der Waals surface area contributed by atoms with Crippen LogP contribution in [0.2, 0.25) is 0 Å². The standard InChI is InChI=1S/C18H17N3O3/c1-11-8-17(24)20-21-18(11)13-3-5-14(6-4-13)19-10-12-2-7-15(22)16(23)9-12/h2-7,9-11,22-23H,8H2,1H3,(H,20,24)/t11-/m1/s1. The molecular formula is C18H17N3O3. The number of hydrogen-bond donors (Lipinski definition) is 3. The normalized spacial score (nSPS) is 17.6. The second kappa shape index (κ2) is 6.54. The fourth-order valence-corrected chi connectivity index (χ4v) is 2.49. The van der Waals surface area contributed by atoms with E-state index < -0.39 is 0 Å². The van der Waals surface area contributed by atoms with Crippen LogP contribution < -0.4 is 5.43 Å². The van der Waals surface area contributed by atoms with E-state index in [-0.39, 0.29) is 23.3 Å². The van der Waals surface area contributed by atoms with Gasteiger partial charge in [-0.3, -0.25) is 9.79 Å². The largest absolute Gasteiger partial charge is 0.504 e. The van der Waals surface area contributed by atoms with Crippen molar-refractivity contribution in [2.24, 2.45) is 16.0 Å². The van der Waals surface area contributed by atoms with Gasteiger partial charge in [-0.05, 0) is 41.5 Å². The van der Waals surface area contributed by atoms with Crippen molar-refractivity contribution in [3.8, 4) is 11.5 Å². The SMILES string of the molecule is C[C@@H]1CC(=O)NN=C1c1ccc(N=Cc2ccc(O)c(O)c2)cc1. The lowest BCUT2D eigenvalue weighted by atomic mass is 9.94. The van der Waals surface area contributed by atoms with E-state index in [1.165, 1.54) is 12.1 Å². The number of nitrogens with one attached hydrogen (secondary N) is 1. The summed E-state index contributed by atoms with van der Waals surface area (Å²) >= 11 is 0. The number of nitrogens with zero attached hydrogens (tertiary/aromatic N) is 2. The van der Waals surface area contributed by atoms with Crippen LogP contribution in [0.15, 0.2) is 52.6 Å². The molecule has 3 N–H and O–H groups in total. The van der Waals surface area contributed by atoms with Crippen LogP contribution in [0.1, 0.15) is 24.5 Å². The Morgan fingerprint density at radius 3 is 2.58 bits per heavy atom. The summed E-state index contributed by atoms with van der Waals surface area (Å²) in [5.41, 5.74) is 5.74. The Kier molecular flexibility index (Phi) is 4.29. The van der Waals surface area contributed by atoms with Crippen LogP contribution in [-0.4, -0.2) is 28.0 Å². The zero-order valence-corrected chi connectivity index (χ0v) is 13.1. The van der Waals surface area contributed by atoms with Crippen molar-refractivity contribution in [2.45, 2.75) is 13.3 Å². The fourth-order valence-electron chi connectivity index (χ4n) is 2.49. The first-order chi connectivity index (χ1) is 11.5. The van der Waals surface area contributed by atoms with Crippen LogP contribution in [0.3, 0.4) is 0 Å². The zero-order chi connectivity index (χ0) is 17.1. The second-order valence-corrected chi connectivity index (χ2v) is 5.69. The molecule has 24 heavy (non-hydrogen) atoms. The number of phenols is 2. The van der Waals surface area contributed by atoms with Gasteiger partial charge in [-0.15, -0.1) is 0 Å². The van der Waals surface area contributed by atoms with Crippen LogP contribution in [0.4, 0.5) is 5.69 Å². The lowest BCUT2D eigenvalue weighted by Gasteiger charge is -2.19. The number of carbonyl (C=O) groups excluding carboxylic acids is 1. The number of carbonyl (C=O) groups is 1. The van der Waals surface area contributed by atoms with E-state index in [4.69, 9.17) is 0 Å². The highest BCUT2D eigenvalue weighted by Gasteiger charge is 2.21. The number of aliphatic imine (C=N–C) groups is 1. The van der Waals surface area contributed by atoms with E-state index >= 15 is 0 Å². The Bertz CT molecular complexity index is 826. The number of amides is 1. The van der Waals surface area contributed by atoms with Crippen LogP contribution in [-0.2, 0) is 4.79 Å². The number of benzene rings is 2. The molecule has 0 spiro atoms. The molecule has 1 heterocycles. The molecule has 0 bridgehead atoms. The van der Waals surface area contributed by atoms with Gasteiger partial charge in [0.1, 0.15) is 0 Å². The molecule has 1 amide bonds. The van der Waals surface area contributed by atoms with E-state index in [1.807, 2.05) is 31.2 Å². The molecule has 2 aromatic carbocycles. The highest BCUT2D eigenvalue weighted by Crippen LogP contribution is 2.24. The average Bonchev–Trinajstić information content (AvgIpc) is 2.57. The molecule has 0 saturated heterocycles. The number of hydrazone groups is 1. The topological polar surface area (TPSA) is 94.3 Å². The van der Waals surface area contributed by atoms with Gasteiger partial charge in [-0.25, -0.2) is 5.43 Å². The Morgan fingerprint density at radius 2 is 1.92 bits per heavy atom. The first-order valence-corrected chi connectivity index (χ1v) is 7.56. The fraction of sp³-hybridized carbons (Fsp3) is 0.167. The molecule has 122 valence electrons. The second-order valence-electron chi connectivity index (χ2n) is 5.69. The first-order valence-electron chi connectivity index (χ1n) is 7.56. The molecule has 0 radical (unpaired) electrons. The van der Waals surface area contributed by atoms with Crippen molar-refractivity contribution >= 4 is 23.5 Å². The molecule has 1 atom stereocenters. The molecule has 2 aromatic rings. The molecule has 6 nitrogen and oxygen atoms in total. The van der Waals surface area contributed by atoms with Gasteiger partial charge >= 0.3 is 0 Å². The van der Waals surface area contributed by atoms with Gasteiger partial charge in [-0.1, -0.05) is 19.1 Å². The Labute approximate surface area is 139 Å². The van der Waals surface area contributed by atoms with E-state index in [9.17, 15) is 15.0 Å². The van der Waals surface area contributed by atoms with E-state index in [0.717, 1.165) is 17.0 Å². The quantitative estimate of drug-likeness (QED) is 0.599. The smallest absolute Gasteiger partial charge is 0.240 e. The average molecular weight is 323 g/mol. The van der Waals surface area contributed by atoms with Crippen LogP contribution in [0.25, 0.3) is 0 Å². The van der Waals surface area contributed by atoms with E-state index in [1.54, 1.807) is 12.3 Å². The first kappa shape index (κ1) is 15.7. The summed E-state index contributed by atoms with van der Waals surface area (Å²) in [7, 11) is 0. The maximum Gasteiger partial charge on any atom is 0.240 e. The minimum absolute atomic E-state index is 0.0652. The summed E-state index contributed by atoms with van der Waals surface area (Å²) in [4.78, 5) is 15.6. The lowest BCUT2D eigenvalue weighted by molar-refractivity contribution is -0.121. The summed E-state index contributed by atoms with van der Waals surface area (Å²) in [6.07, 6.45) is 2.04. The van der Waals surface area contributed by atoms with Gasteiger partial charge in [0.15, 0.2) is 11.5 Å². The summed E-state index contributed by atoms with van der Waals surface area (Å²) in [5.74, 6) is -0.329. The van der Waals surface area contributed by atoms with Crippen molar-refractivity contribution in [1.82, 2.24) is 5.43 Å². The van der Waals surface area contributed by atoms with Gasteiger partial charge in [0.2, 0.25) is 5.91 Å².